The molecule has 4 aromatic carbocycles. The number of carbonyl (C=O) groups is 6. The van der Waals surface area contributed by atoms with Gasteiger partial charge >= 0.3 is 5.97 Å². The highest BCUT2D eigenvalue weighted by Gasteiger charge is 2.46. The number of nitrogens with two attached hydrogens (primary N) is 1. The lowest BCUT2D eigenvalue weighted by atomic mass is 9.85. The van der Waals surface area contributed by atoms with Gasteiger partial charge < -0.3 is 84.3 Å². The maximum atomic E-state index is 14.2. The number of rotatable bonds is 35. The van der Waals surface area contributed by atoms with Gasteiger partial charge in [0.05, 0.1) is 121 Å². The minimum atomic E-state index is -0.960. The number of likely N-dealkylation sites (tertiary alicyclic amines) is 2. The first-order valence-corrected chi connectivity index (χ1v) is 48.6. The number of nitrogens with one attached hydrogen (secondary N) is 3. The topological polar surface area (TPSA) is 396 Å². The lowest BCUT2D eigenvalue weighted by molar-refractivity contribution is -0.144. The number of hydrogen-bond acceptors (Lipinski definition) is 25. The van der Waals surface area contributed by atoms with Gasteiger partial charge in [-0.1, -0.05) is 100 Å². The zero-order valence-corrected chi connectivity index (χ0v) is 84.1. The van der Waals surface area contributed by atoms with Gasteiger partial charge in [-0.15, -0.1) is 22.7 Å². The van der Waals surface area contributed by atoms with E-state index in [9.17, 15) is 39.0 Å². The number of anilines is 4. The van der Waals surface area contributed by atoms with Crippen molar-refractivity contribution in [3.05, 3.63) is 224 Å². The summed E-state index contributed by atoms with van der Waals surface area (Å²) >= 11 is 10.7. The summed E-state index contributed by atoms with van der Waals surface area (Å²) in [5.74, 6) is -1.26. The molecule has 35 heteroatoms. The van der Waals surface area contributed by atoms with E-state index in [1.807, 2.05) is 204 Å². The van der Waals surface area contributed by atoms with Crippen LogP contribution in [0.5, 0.6) is 0 Å². The van der Waals surface area contributed by atoms with Crippen molar-refractivity contribution in [2.24, 2.45) is 16.6 Å². The molecule has 2 aliphatic heterocycles. The molecule has 5 amide bonds. The van der Waals surface area contributed by atoms with E-state index in [4.69, 9.17) is 39.3 Å². The van der Waals surface area contributed by atoms with Crippen LogP contribution in [0.1, 0.15) is 176 Å². The molecule has 8 N–H and O–H groups in total. The first-order valence-electron chi connectivity index (χ1n) is 45.2. The highest BCUT2D eigenvalue weighted by atomic mass is 79.9. The zero-order valence-electron chi connectivity index (χ0n) is 79.3. The third-order valence-corrected chi connectivity index (χ3v) is 27.3. The summed E-state index contributed by atoms with van der Waals surface area (Å²) in [4.78, 5) is 114. The molecular weight excluding hydrogens is 1890 g/mol. The Morgan fingerprint density at radius 2 is 0.948 bits per heavy atom. The predicted molar refractivity (Wildman–Crippen MR) is 530 cm³/mol. The Kier molecular flexibility index (Phi) is 35.1. The van der Waals surface area contributed by atoms with Gasteiger partial charge in [0, 0.05) is 132 Å². The van der Waals surface area contributed by atoms with Crippen molar-refractivity contribution in [2.45, 2.75) is 211 Å². The molecule has 14 rings (SSSR count). The lowest BCUT2D eigenvalue weighted by Gasteiger charge is -2.35. The summed E-state index contributed by atoms with van der Waals surface area (Å²) in [6.07, 6.45) is 18.2. The fourth-order valence-corrected chi connectivity index (χ4v) is 19.3. The average Bonchev–Trinajstić information content (AvgIpc) is 1.26. The van der Waals surface area contributed by atoms with Gasteiger partial charge in [-0.3, -0.25) is 33.9 Å². The van der Waals surface area contributed by atoms with Gasteiger partial charge in [0.25, 0.3) is 0 Å². The SMILES string of the molecule is Cc1ncc(-c2c(C)noc2C)cc1N(CCCCCOCC(=O)N[C@H](C(=O)N1C[C@H](O)C[C@H]1C(=O)N[C@@H](C)c1ccc(-c2scnc2C)cc1)C(C)(C)C)c1ccc(-n2ccnc2)c(Br)c1.Cc1ncc(-c2c(C)noc2C)cc1N(CCCCCOCC(=O)O)c1ccc(-n2ccnc2)c(Br)c1.Cc1ncsc1-c1ccc([C@H](C)NC(=O)[C@@H]2C[C@@H](O)CN2C(=O)[C@@H](N)C(C)(C)C)cc1. The summed E-state index contributed by atoms with van der Waals surface area (Å²) in [7, 11) is 0. The van der Waals surface area contributed by atoms with Crippen LogP contribution in [0.25, 0.3) is 54.5 Å². The van der Waals surface area contributed by atoms with Crippen LogP contribution in [0.2, 0.25) is 0 Å². The number of carboxylic acids is 1. The predicted octanol–water partition coefficient (Wildman–Crippen LogP) is 17.4. The van der Waals surface area contributed by atoms with Crippen LogP contribution in [0.3, 0.4) is 0 Å². The van der Waals surface area contributed by atoms with Crippen molar-refractivity contribution >= 4 is 113 Å². The normalized spacial score (nSPS) is 15.8. The van der Waals surface area contributed by atoms with Crippen molar-refractivity contribution in [3.8, 4) is 54.5 Å². The molecule has 31 nitrogen and oxygen atoms in total. The number of carboxylic acid groups (broad SMARTS) is 1. The van der Waals surface area contributed by atoms with Gasteiger partial charge in [0.2, 0.25) is 29.5 Å². The molecule has 2 saturated heterocycles. The molecule has 0 unspecified atom stereocenters. The van der Waals surface area contributed by atoms with Crippen LogP contribution in [0.15, 0.2) is 176 Å². The fraction of sp³-hybridized carbons (Fsp3) is 0.420. The number of nitrogens with zero attached hydrogens (tertiary/aromatic N) is 14. The van der Waals surface area contributed by atoms with Crippen molar-refractivity contribution in [2.75, 3.05) is 62.4 Å². The molecule has 0 aliphatic carbocycles. The number of ether oxygens (including phenoxy) is 2. The number of aliphatic carboxylic acids is 1. The second-order valence-corrected chi connectivity index (χ2v) is 39.8. The number of thiazole rings is 2. The van der Waals surface area contributed by atoms with Crippen LogP contribution in [0.4, 0.5) is 22.7 Å². The Morgan fingerprint density at radius 1 is 0.526 bits per heavy atom. The van der Waals surface area contributed by atoms with Crippen molar-refractivity contribution in [3.63, 3.8) is 0 Å². The smallest absolute Gasteiger partial charge is 0.329 e. The Hall–Kier alpha value is -11.5. The van der Waals surface area contributed by atoms with Crippen molar-refractivity contribution in [1.82, 2.24) is 75.1 Å². The van der Waals surface area contributed by atoms with E-state index in [1.54, 1.807) is 47.7 Å². The van der Waals surface area contributed by atoms with Crippen LogP contribution in [-0.2, 0) is 38.2 Å². The summed E-state index contributed by atoms with van der Waals surface area (Å²) in [5, 5.41) is 46.8. The molecule has 8 atom stereocenters. The van der Waals surface area contributed by atoms with Crippen molar-refractivity contribution in [1.29, 1.82) is 0 Å². The monoisotopic (exact) mass is 2000 g/mol. The molecule has 0 saturated carbocycles. The second-order valence-electron chi connectivity index (χ2n) is 36.4. The molecule has 0 bridgehead atoms. The molecule has 0 radical (unpaired) electrons. The molecule has 2 fully saturated rings. The molecule has 8 aromatic heterocycles. The van der Waals surface area contributed by atoms with Gasteiger partial charge in [-0.05, 0) is 221 Å². The summed E-state index contributed by atoms with van der Waals surface area (Å²) in [5.41, 5.74) is 27.7. The summed E-state index contributed by atoms with van der Waals surface area (Å²) in [6.45, 7) is 32.5. The molecule has 10 heterocycles. The molecular formula is C100H122Br2N18O13S2. The Balaban J connectivity index is 0.000000202. The van der Waals surface area contributed by atoms with E-state index in [0.717, 1.165) is 182 Å². The number of unbranched alkanes of at least 4 members (excludes halogenated alkanes) is 4. The third-order valence-electron chi connectivity index (χ3n) is 24.1. The minimum Gasteiger partial charge on any atom is -0.480 e. The van der Waals surface area contributed by atoms with E-state index in [1.165, 1.54) is 9.80 Å². The number of benzene rings is 4. The number of aliphatic hydroxyl groups is 2. The Labute approximate surface area is 812 Å². The Bertz CT molecular complexity index is 5990. The fourth-order valence-electron chi connectivity index (χ4n) is 16.6. The first kappa shape index (κ1) is 102. The maximum absolute atomic E-state index is 14.2. The average molecular weight is 2010 g/mol. The molecule has 0 spiro atoms. The van der Waals surface area contributed by atoms with E-state index < -0.39 is 65.0 Å². The number of amides is 5. The number of carbonyl (C=O) groups excluding carboxylic acids is 5. The van der Waals surface area contributed by atoms with E-state index in [2.05, 4.69) is 136 Å². The largest absolute Gasteiger partial charge is 0.480 e. The van der Waals surface area contributed by atoms with E-state index >= 15 is 0 Å². The third kappa shape index (κ3) is 26.2. The molecule has 135 heavy (non-hydrogen) atoms. The number of aliphatic hydroxyl groups excluding tert-OH is 2. The summed E-state index contributed by atoms with van der Waals surface area (Å²) < 4.78 is 27.7. The number of halogens is 2. The van der Waals surface area contributed by atoms with Gasteiger partial charge in [0.1, 0.15) is 42.9 Å². The molecule has 2 aliphatic rings. The first-order chi connectivity index (χ1) is 64.3. The van der Waals surface area contributed by atoms with Crippen LogP contribution >= 0.6 is 54.5 Å². The van der Waals surface area contributed by atoms with Crippen LogP contribution in [0, 0.1) is 66.2 Å². The van der Waals surface area contributed by atoms with E-state index in [0.29, 0.717) is 26.2 Å². The number of pyridine rings is 2. The second kappa shape index (κ2) is 46.3. The Morgan fingerprint density at radius 3 is 1.31 bits per heavy atom. The minimum absolute atomic E-state index is 0.0125. The van der Waals surface area contributed by atoms with Gasteiger partial charge in [0.15, 0.2) is 0 Å². The number of hydrogen-bond donors (Lipinski definition) is 7. The quantitative estimate of drug-likeness (QED) is 0.0181. The summed E-state index contributed by atoms with van der Waals surface area (Å²) in [6, 6.07) is 28.9. The number of imidazole rings is 2. The van der Waals surface area contributed by atoms with Crippen LogP contribution in [-0.4, -0.2) is 199 Å². The number of β-amino-alcohol motifs (C(OH)–C–C–N with tert-alkyl or cyclic N) is 2. The highest BCUT2D eigenvalue weighted by Crippen LogP contribution is 2.41. The highest BCUT2D eigenvalue weighted by molar-refractivity contribution is 9.11. The van der Waals surface area contributed by atoms with Gasteiger partial charge in [-0.2, -0.15) is 0 Å². The van der Waals surface area contributed by atoms with Crippen LogP contribution < -0.4 is 31.5 Å². The zero-order chi connectivity index (χ0) is 97.3. The van der Waals surface area contributed by atoms with E-state index in [-0.39, 0.29) is 69.0 Å². The van der Waals surface area contributed by atoms with Crippen molar-refractivity contribution < 1.29 is 62.6 Å². The standard InChI is InChI=1S/C50H60BrN9O6S.C27H30BrN5O4.C23H32N4O3S/c1-30(35-12-14-36(15-13-35)46-33(4)54-29-67-46)55-48(63)43-24-39(61)26-60(43)49(64)47(50(6,7)8)56-44(62)27-65-21-11-9-10-19-59(38-16-17-41(40(51)23-38)58-20-18-52-28-58)42-22-37(25-53-31(42)2)45-32(3)57-66-34(45)5;1-18-25(13-21(15-30-18)27-19(2)31-37-20(27)3)33(10-5-4-6-12-36-16-26(34)35)22-7-8-24(23(28)14-22)32-11-9-29-17-32;1-13(15-6-8-16(9-7-15)19-14(2)25-12-31-19)26-21(29)18-10-17(28)11-27(18)22(30)20(24)23(3,4)5/h12-18,20,22-23,25,28-30,39,43,47,61H,9-11,19,21,24,26-27H2,1-8H3,(H,55,63)(H,56,62);7-9,11,13-15,17H,4-6,10,12,16H2,1-3H3,(H,34,35);6-9,12-13,17-18,20,28H,10-11,24H2,1-5H3,(H,26,29)/t30-,39+,43-,47+;;13-,17+,18-,20+/m0.0/s1. The number of aryl methyl sites for hydroxylation is 8. The molecule has 12 aromatic rings. The maximum Gasteiger partial charge on any atom is 0.329 e. The molecule has 716 valence electrons. The number of aromatic nitrogens is 10. The lowest BCUT2D eigenvalue weighted by Crippen LogP contribution is -2.58. The van der Waals surface area contributed by atoms with Gasteiger partial charge in [-0.25, -0.2) is 24.7 Å².